The number of aryl methyl sites for hydroxylation is 1. The lowest BCUT2D eigenvalue weighted by Gasteiger charge is -2.24. The van der Waals surface area contributed by atoms with Crippen molar-refractivity contribution in [3.8, 4) is 10.6 Å². The quantitative estimate of drug-likeness (QED) is 0.661. The van der Waals surface area contributed by atoms with Gasteiger partial charge in [0.05, 0.1) is 10.7 Å². The van der Waals surface area contributed by atoms with Gasteiger partial charge in [0.2, 0.25) is 0 Å². The summed E-state index contributed by atoms with van der Waals surface area (Å²) in [6.07, 6.45) is 3.15. The van der Waals surface area contributed by atoms with Gasteiger partial charge in [-0.3, -0.25) is 9.59 Å². The van der Waals surface area contributed by atoms with Crippen LogP contribution in [0, 0.1) is 11.8 Å². The largest absolute Gasteiger partial charge is 0.298 e. The Bertz CT molecular complexity index is 854. The third-order valence-electron chi connectivity index (χ3n) is 5.29. The number of halogens is 2. The molecule has 3 atom stereocenters. The van der Waals surface area contributed by atoms with Gasteiger partial charge in [0.15, 0.2) is 11.6 Å². The van der Waals surface area contributed by atoms with Crippen LogP contribution in [0.25, 0.3) is 10.6 Å². The van der Waals surface area contributed by atoms with Gasteiger partial charge in [0.25, 0.3) is 0 Å². The van der Waals surface area contributed by atoms with Gasteiger partial charge in [-0.1, -0.05) is 30.1 Å². The fourth-order valence-corrected chi connectivity index (χ4v) is 5.63. The van der Waals surface area contributed by atoms with Gasteiger partial charge >= 0.3 is 0 Å². The van der Waals surface area contributed by atoms with Crippen LogP contribution in [0.1, 0.15) is 42.7 Å². The normalized spacial score (nSPS) is 25.6. The van der Waals surface area contributed by atoms with Crippen LogP contribution in [-0.4, -0.2) is 16.6 Å². The summed E-state index contributed by atoms with van der Waals surface area (Å²) < 4.78 is 0. The zero-order valence-corrected chi connectivity index (χ0v) is 16.0. The van der Waals surface area contributed by atoms with Gasteiger partial charge in [-0.2, -0.15) is 0 Å². The molecule has 1 unspecified atom stereocenters. The third kappa shape index (κ3) is 2.84. The number of ketones is 2. The minimum absolute atomic E-state index is 0.0293. The molecule has 6 heteroatoms. The first kappa shape index (κ1) is 17.2. The van der Waals surface area contributed by atoms with E-state index in [4.69, 9.17) is 28.2 Å². The Morgan fingerprint density at radius 3 is 2.44 bits per heavy atom. The van der Waals surface area contributed by atoms with Crippen molar-refractivity contribution in [1.29, 1.82) is 0 Å². The van der Waals surface area contributed by atoms with Crippen LogP contribution in [0.5, 0.6) is 0 Å². The van der Waals surface area contributed by atoms with E-state index in [-0.39, 0.29) is 23.4 Å². The summed E-state index contributed by atoms with van der Waals surface area (Å²) in [5.74, 6) is -0.499. The van der Waals surface area contributed by atoms with Crippen molar-refractivity contribution >= 4 is 46.1 Å². The summed E-state index contributed by atoms with van der Waals surface area (Å²) in [7, 11) is 0. The average molecular weight is 394 g/mol. The minimum Gasteiger partial charge on any atom is -0.298 e. The predicted molar refractivity (Wildman–Crippen MR) is 101 cm³/mol. The minimum atomic E-state index is -0.683. The highest BCUT2D eigenvalue weighted by atomic mass is 35.5. The van der Waals surface area contributed by atoms with Crippen molar-refractivity contribution in [2.24, 2.45) is 11.8 Å². The number of carbonyl (C=O) groups is 2. The first-order valence-electron chi connectivity index (χ1n) is 8.52. The molecule has 0 amide bonds. The second-order valence-corrected chi connectivity index (χ2v) is 8.68. The van der Waals surface area contributed by atoms with Crippen LogP contribution in [0.15, 0.2) is 18.2 Å². The number of rotatable bonds is 3. The van der Waals surface area contributed by atoms with E-state index < -0.39 is 5.92 Å². The number of Topliss-reactive ketones (excluding diaryl/α,β-unsaturated/α-hetero) is 2. The van der Waals surface area contributed by atoms with Crippen molar-refractivity contribution < 1.29 is 9.59 Å². The van der Waals surface area contributed by atoms with E-state index >= 15 is 0 Å². The molecule has 0 radical (unpaired) electrons. The fourth-order valence-electron chi connectivity index (χ4n) is 4.00. The van der Waals surface area contributed by atoms with Crippen LogP contribution in [0.2, 0.25) is 10.0 Å². The summed E-state index contributed by atoms with van der Waals surface area (Å²) in [6, 6.07) is 5.29. The Morgan fingerprint density at radius 1 is 1.16 bits per heavy atom. The van der Waals surface area contributed by atoms with Crippen molar-refractivity contribution in [2.45, 2.75) is 38.5 Å². The molecule has 1 aromatic heterocycles. The number of fused-ring (bicyclic) bond motifs is 2. The van der Waals surface area contributed by atoms with Crippen LogP contribution in [0.4, 0.5) is 0 Å². The highest BCUT2D eigenvalue weighted by molar-refractivity contribution is 7.15. The molecule has 2 fully saturated rings. The van der Waals surface area contributed by atoms with E-state index in [1.54, 1.807) is 12.1 Å². The molecular formula is C19H17Cl2NO2S. The molecule has 0 spiro atoms. The fraction of sp³-hybridized carbons (Fsp3) is 0.421. The van der Waals surface area contributed by atoms with E-state index in [1.807, 2.05) is 13.0 Å². The number of hydrogen-bond donors (Lipinski definition) is 0. The Kier molecular flexibility index (Phi) is 4.47. The number of nitrogens with zero attached hydrogens (tertiary/aromatic N) is 1. The Hall–Kier alpha value is -1.23. The maximum Gasteiger partial charge on any atom is 0.152 e. The van der Waals surface area contributed by atoms with E-state index in [1.165, 1.54) is 11.3 Å². The highest BCUT2D eigenvalue weighted by Gasteiger charge is 2.48. The van der Waals surface area contributed by atoms with Crippen molar-refractivity contribution in [2.75, 3.05) is 0 Å². The number of thiazole rings is 1. The van der Waals surface area contributed by atoms with Crippen LogP contribution < -0.4 is 0 Å². The molecule has 0 saturated heterocycles. The molecule has 1 heterocycles. The van der Waals surface area contributed by atoms with Gasteiger partial charge in [-0.05, 0) is 43.9 Å². The molecule has 2 aliphatic rings. The van der Waals surface area contributed by atoms with E-state index in [0.717, 1.165) is 41.1 Å². The monoisotopic (exact) mass is 393 g/mol. The third-order valence-corrected chi connectivity index (χ3v) is 7.09. The van der Waals surface area contributed by atoms with Crippen molar-refractivity contribution in [3.63, 3.8) is 0 Å². The summed E-state index contributed by atoms with van der Waals surface area (Å²) in [6.45, 7) is 2.02. The van der Waals surface area contributed by atoms with E-state index in [9.17, 15) is 9.59 Å². The number of carbonyl (C=O) groups excluding carboxylic acids is 2. The molecule has 2 aliphatic carbocycles. The predicted octanol–water partition coefficient (Wildman–Crippen LogP) is 5.33. The second-order valence-electron chi connectivity index (χ2n) is 6.75. The van der Waals surface area contributed by atoms with Crippen LogP contribution >= 0.6 is 34.5 Å². The highest BCUT2D eigenvalue weighted by Crippen LogP contribution is 2.46. The smallest absolute Gasteiger partial charge is 0.152 e. The topological polar surface area (TPSA) is 47.0 Å². The zero-order chi connectivity index (χ0) is 17.7. The zero-order valence-electron chi connectivity index (χ0n) is 13.7. The van der Waals surface area contributed by atoms with Crippen molar-refractivity contribution in [1.82, 2.24) is 4.98 Å². The van der Waals surface area contributed by atoms with Crippen LogP contribution in [-0.2, 0) is 16.0 Å². The van der Waals surface area contributed by atoms with Gasteiger partial charge in [0, 0.05) is 27.3 Å². The molecule has 2 saturated carbocycles. The average Bonchev–Trinajstić information content (AvgIpc) is 3.19. The second kappa shape index (κ2) is 6.49. The summed E-state index contributed by atoms with van der Waals surface area (Å²) in [5, 5.41) is 1.83. The summed E-state index contributed by atoms with van der Waals surface area (Å²) >= 11 is 13.8. The molecule has 3 nitrogen and oxygen atoms in total. The lowest BCUT2D eigenvalue weighted by atomic mass is 9.77. The van der Waals surface area contributed by atoms with Crippen molar-refractivity contribution in [3.05, 3.63) is 38.8 Å². The van der Waals surface area contributed by atoms with Crippen LogP contribution in [0.3, 0.4) is 0 Å². The van der Waals surface area contributed by atoms with Gasteiger partial charge in [-0.15, -0.1) is 11.3 Å². The maximum atomic E-state index is 12.8. The number of hydrogen-bond acceptors (Lipinski definition) is 4. The van der Waals surface area contributed by atoms with Gasteiger partial charge in [0.1, 0.15) is 10.9 Å². The SMILES string of the molecule is CCc1sc(-c2ccc(Cl)cc2Cl)nc1C1C(=O)[C@@H]2CC[C@@H](C2)C1=O. The lowest BCUT2D eigenvalue weighted by Crippen LogP contribution is -2.35. The summed E-state index contributed by atoms with van der Waals surface area (Å²) in [4.78, 5) is 31.3. The molecule has 1 aromatic carbocycles. The molecular weight excluding hydrogens is 377 g/mol. The molecule has 130 valence electrons. The Morgan fingerprint density at radius 2 is 1.84 bits per heavy atom. The van der Waals surface area contributed by atoms with Gasteiger partial charge in [-0.25, -0.2) is 4.98 Å². The van der Waals surface area contributed by atoms with E-state index in [2.05, 4.69) is 0 Å². The molecule has 0 aliphatic heterocycles. The molecule has 4 rings (SSSR count). The first-order valence-corrected chi connectivity index (χ1v) is 10.1. The Labute approximate surface area is 160 Å². The lowest BCUT2D eigenvalue weighted by molar-refractivity contribution is -0.136. The molecule has 2 aromatic rings. The molecule has 0 N–H and O–H groups in total. The standard InChI is InChI=1S/C19H17Cl2NO2S/c1-2-14-16(15-17(23)9-3-4-10(7-9)18(15)24)22-19(25-14)12-6-5-11(20)8-13(12)21/h5-6,8-10,15H,2-4,7H2,1H3/t9-,10+,15?. The number of benzene rings is 1. The molecule has 2 bridgehead atoms. The van der Waals surface area contributed by atoms with Gasteiger partial charge < -0.3 is 0 Å². The Balaban J connectivity index is 1.79. The maximum absolute atomic E-state index is 12.8. The molecule has 25 heavy (non-hydrogen) atoms. The van der Waals surface area contributed by atoms with E-state index in [0.29, 0.717) is 15.7 Å². The first-order chi connectivity index (χ1) is 12.0. The number of aromatic nitrogens is 1. The summed E-state index contributed by atoms with van der Waals surface area (Å²) in [5.41, 5.74) is 1.44.